The molecule has 4 aromatic rings. The molecule has 0 spiro atoms. The van der Waals surface area contributed by atoms with Gasteiger partial charge in [-0.1, -0.05) is 60.1 Å². The number of para-hydroxylation sites is 1. The van der Waals surface area contributed by atoms with Gasteiger partial charge in [-0.15, -0.1) is 0 Å². The maximum absolute atomic E-state index is 14.0. The summed E-state index contributed by atoms with van der Waals surface area (Å²) < 4.78 is 29.4. The van der Waals surface area contributed by atoms with Crippen LogP contribution < -0.4 is 0 Å². The third-order valence-corrected chi connectivity index (χ3v) is 8.08. The van der Waals surface area contributed by atoms with Crippen LogP contribution in [0.25, 0.3) is 22.2 Å². The Morgan fingerprint density at radius 2 is 1.50 bits per heavy atom. The largest absolute Gasteiger partial charge is 0.303 e. The molecule has 0 N–H and O–H groups in total. The number of rotatable bonds is 5. The number of piperazine rings is 1. The van der Waals surface area contributed by atoms with E-state index in [9.17, 15) is 8.42 Å². The molecular weight excluding hydrogens is 468 g/mol. The van der Waals surface area contributed by atoms with Crippen molar-refractivity contribution in [3.8, 4) is 11.3 Å². The molecule has 3 aromatic carbocycles. The molecule has 0 unspecified atom stereocenters. The highest BCUT2D eigenvalue weighted by molar-refractivity contribution is 7.90. The van der Waals surface area contributed by atoms with Crippen molar-refractivity contribution < 1.29 is 8.42 Å². The van der Waals surface area contributed by atoms with E-state index in [0.29, 0.717) is 16.2 Å². The molecule has 1 aromatic heterocycles. The zero-order valence-electron chi connectivity index (χ0n) is 18.8. The predicted octanol–water partition coefficient (Wildman–Crippen LogP) is 4.78. The van der Waals surface area contributed by atoms with Crippen molar-refractivity contribution in [1.29, 1.82) is 0 Å². The molecule has 0 saturated carbocycles. The van der Waals surface area contributed by atoms with Crippen LogP contribution in [0.1, 0.15) is 5.56 Å². The van der Waals surface area contributed by atoms with Crippen molar-refractivity contribution in [3.05, 3.63) is 89.4 Å². The molecule has 1 saturated heterocycles. The summed E-state index contributed by atoms with van der Waals surface area (Å²) in [6, 6.07) is 23.4. The third kappa shape index (κ3) is 4.22. The number of hydrazone groups is 1. The molecular formula is C26H25ClN4O2S. The van der Waals surface area contributed by atoms with Gasteiger partial charge < -0.3 is 4.90 Å². The Kier molecular flexibility index (Phi) is 6.16. The van der Waals surface area contributed by atoms with Crippen molar-refractivity contribution in [2.24, 2.45) is 5.10 Å². The number of hydrogen-bond donors (Lipinski definition) is 0. The molecule has 1 aliphatic heterocycles. The van der Waals surface area contributed by atoms with Gasteiger partial charge in [-0.2, -0.15) is 5.10 Å². The van der Waals surface area contributed by atoms with E-state index < -0.39 is 10.0 Å². The van der Waals surface area contributed by atoms with Gasteiger partial charge >= 0.3 is 0 Å². The van der Waals surface area contributed by atoms with Crippen LogP contribution in [-0.4, -0.2) is 61.7 Å². The average molecular weight is 493 g/mol. The minimum absolute atomic E-state index is 0.178. The quantitative estimate of drug-likeness (QED) is 0.376. The summed E-state index contributed by atoms with van der Waals surface area (Å²) in [4.78, 5) is 2.45. The first kappa shape index (κ1) is 22.7. The van der Waals surface area contributed by atoms with Gasteiger partial charge in [-0.3, -0.25) is 5.01 Å². The Morgan fingerprint density at radius 1 is 0.853 bits per heavy atom. The summed E-state index contributed by atoms with van der Waals surface area (Å²) in [6.07, 6.45) is 1.81. The van der Waals surface area contributed by atoms with Gasteiger partial charge in [0.05, 0.1) is 22.3 Å². The SMILES string of the molecule is CN1CCN(/N=C/c2c(-c3ccccc3)n(S(=O)(=O)c3ccc(Cl)cc3)c3ccccc23)CC1. The Bertz CT molecular complexity index is 1440. The lowest BCUT2D eigenvalue weighted by Gasteiger charge is -2.30. The van der Waals surface area contributed by atoms with E-state index in [1.54, 1.807) is 24.3 Å². The lowest BCUT2D eigenvalue weighted by atomic mass is 10.1. The van der Waals surface area contributed by atoms with E-state index in [0.717, 1.165) is 42.7 Å². The molecule has 0 radical (unpaired) electrons. The summed E-state index contributed by atoms with van der Waals surface area (Å²) in [5.74, 6) is 0. The first-order valence-electron chi connectivity index (χ1n) is 11.1. The van der Waals surface area contributed by atoms with E-state index in [1.165, 1.54) is 3.97 Å². The molecule has 0 atom stereocenters. The smallest absolute Gasteiger partial charge is 0.268 e. The molecule has 5 rings (SSSR count). The fourth-order valence-corrected chi connectivity index (χ4v) is 5.93. The number of halogens is 1. The highest BCUT2D eigenvalue weighted by Crippen LogP contribution is 2.36. The average Bonchev–Trinajstić information content (AvgIpc) is 3.20. The zero-order chi connectivity index (χ0) is 23.7. The Labute approximate surface area is 204 Å². The minimum Gasteiger partial charge on any atom is -0.303 e. The first-order chi connectivity index (χ1) is 16.4. The third-order valence-electron chi connectivity index (χ3n) is 6.10. The van der Waals surface area contributed by atoms with Crippen LogP contribution >= 0.6 is 11.6 Å². The molecule has 2 heterocycles. The van der Waals surface area contributed by atoms with Gasteiger partial charge in [0.15, 0.2) is 0 Å². The summed E-state index contributed by atoms with van der Waals surface area (Å²) in [6.45, 7) is 3.54. The van der Waals surface area contributed by atoms with E-state index in [4.69, 9.17) is 16.7 Å². The van der Waals surface area contributed by atoms with E-state index in [1.807, 2.05) is 65.8 Å². The summed E-state index contributed by atoms with van der Waals surface area (Å²) in [5.41, 5.74) is 2.78. The van der Waals surface area contributed by atoms with Crippen LogP contribution in [0, 0.1) is 0 Å². The number of hydrogen-bond acceptors (Lipinski definition) is 5. The minimum atomic E-state index is -3.91. The predicted molar refractivity (Wildman–Crippen MR) is 138 cm³/mol. The van der Waals surface area contributed by atoms with Crippen molar-refractivity contribution in [2.45, 2.75) is 4.90 Å². The van der Waals surface area contributed by atoms with Gasteiger partial charge in [0.1, 0.15) is 0 Å². The second kappa shape index (κ2) is 9.25. The van der Waals surface area contributed by atoms with Gasteiger partial charge in [-0.05, 0) is 42.9 Å². The van der Waals surface area contributed by atoms with E-state index in [-0.39, 0.29) is 4.90 Å². The molecule has 1 fully saturated rings. The molecule has 6 nitrogen and oxygen atoms in total. The van der Waals surface area contributed by atoms with Crippen molar-refractivity contribution in [3.63, 3.8) is 0 Å². The van der Waals surface area contributed by atoms with Crippen LogP contribution in [0.2, 0.25) is 5.02 Å². The van der Waals surface area contributed by atoms with Crippen LogP contribution in [0.3, 0.4) is 0 Å². The number of nitrogens with zero attached hydrogens (tertiary/aromatic N) is 4. The van der Waals surface area contributed by atoms with Crippen LogP contribution in [-0.2, 0) is 10.0 Å². The molecule has 0 aliphatic carbocycles. The van der Waals surface area contributed by atoms with Gasteiger partial charge in [0.25, 0.3) is 10.0 Å². The lowest BCUT2D eigenvalue weighted by molar-refractivity contribution is 0.159. The van der Waals surface area contributed by atoms with Crippen molar-refractivity contribution in [2.75, 3.05) is 33.2 Å². The number of likely N-dealkylation sites (N-methyl/N-ethyl adjacent to an activating group) is 1. The Morgan fingerprint density at radius 3 is 2.21 bits per heavy atom. The molecule has 0 amide bonds. The maximum atomic E-state index is 14.0. The highest BCUT2D eigenvalue weighted by atomic mass is 35.5. The second-order valence-corrected chi connectivity index (χ2v) is 10.6. The molecule has 174 valence electrons. The zero-order valence-corrected chi connectivity index (χ0v) is 20.4. The molecule has 0 bridgehead atoms. The molecule has 34 heavy (non-hydrogen) atoms. The first-order valence-corrected chi connectivity index (χ1v) is 12.9. The van der Waals surface area contributed by atoms with Gasteiger partial charge in [0.2, 0.25) is 0 Å². The van der Waals surface area contributed by atoms with Crippen LogP contribution in [0.15, 0.2) is 88.9 Å². The maximum Gasteiger partial charge on any atom is 0.268 e. The van der Waals surface area contributed by atoms with E-state index in [2.05, 4.69) is 11.9 Å². The van der Waals surface area contributed by atoms with Crippen LogP contribution in [0.4, 0.5) is 0 Å². The number of benzene rings is 3. The summed E-state index contributed by atoms with van der Waals surface area (Å²) in [7, 11) is -1.81. The standard InChI is InChI=1S/C26H25ClN4O2S/c1-29-15-17-30(18-16-29)28-19-24-23-9-5-6-10-25(23)31(26(24)20-7-3-2-4-8-20)34(32,33)22-13-11-21(27)12-14-22/h2-14,19H,15-18H2,1H3/b28-19+. The highest BCUT2D eigenvalue weighted by Gasteiger charge is 2.27. The summed E-state index contributed by atoms with van der Waals surface area (Å²) in [5, 5.41) is 8.11. The second-order valence-electron chi connectivity index (χ2n) is 8.37. The number of aromatic nitrogens is 1. The van der Waals surface area contributed by atoms with Gasteiger partial charge in [-0.25, -0.2) is 12.4 Å². The normalized spacial score (nSPS) is 15.4. The van der Waals surface area contributed by atoms with Crippen molar-refractivity contribution in [1.82, 2.24) is 13.9 Å². The molecule has 1 aliphatic rings. The van der Waals surface area contributed by atoms with E-state index >= 15 is 0 Å². The molecule has 8 heteroatoms. The fraction of sp³-hybridized carbons (Fsp3) is 0.192. The number of fused-ring (bicyclic) bond motifs is 1. The summed E-state index contributed by atoms with van der Waals surface area (Å²) >= 11 is 6.03. The van der Waals surface area contributed by atoms with Gasteiger partial charge in [0, 0.05) is 42.2 Å². The Hall–Kier alpha value is -3.13. The van der Waals surface area contributed by atoms with Crippen molar-refractivity contribution >= 4 is 38.7 Å². The fourth-order valence-electron chi connectivity index (χ4n) is 4.25. The topological polar surface area (TPSA) is 57.9 Å². The lowest BCUT2D eigenvalue weighted by Crippen LogP contribution is -2.41. The monoisotopic (exact) mass is 492 g/mol. The van der Waals surface area contributed by atoms with Crippen LogP contribution in [0.5, 0.6) is 0 Å². The Balaban J connectivity index is 1.75.